The third-order valence-electron chi connectivity index (χ3n) is 5.94. The third kappa shape index (κ3) is 5.95. The molecule has 3 aromatic carbocycles. The molecule has 7 heteroatoms. The lowest BCUT2D eigenvalue weighted by Crippen LogP contribution is -2.28. The maximum atomic E-state index is 13.4. The highest BCUT2D eigenvalue weighted by Crippen LogP contribution is 2.35. The van der Waals surface area contributed by atoms with Crippen LogP contribution in [-0.4, -0.2) is 31.5 Å². The standard InChI is InChI=1S/C30H28N2O5/c1-20-8-7-11-24(16-20)32-21(2)28(30(35)36-3)26(29(32)34)17-22-12-14-25(15-13-22)37-19-27(33)31-18-23-9-5-4-6-10-23/h4-17H,18-19H2,1-3H3,(H,31,33)/b26-17-. The normalized spacial score (nSPS) is 14.2. The van der Waals surface area contributed by atoms with Gasteiger partial charge in [0.15, 0.2) is 6.61 Å². The zero-order valence-corrected chi connectivity index (χ0v) is 21.0. The largest absolute Gasteiger partial charge is 0.484 e. The van der Waals surface area contributed by atoms with E-state index in [1.54, 1.807) is 37.3 Å². The number of hydrogen-bond acceptors (Lipinski definition) is 5. The van der Waals surface area contributed by atoms with E-state index in [2.05, 4.69) is 5.32 Å². The van der Waals surface area contributed by atoms with Crippen LogP contribution < -0.4 is 15.0 Å². The summed E-state index contributed by atoms with van der Waals surface area (Å²) in [5.74, 6) is -0.602. The van der Waals surface area contributed by atoms with Crippen LogP contribution in [0.5, 0.6) is 5.75 Å². The van der Waals surface area contributed by atoms with Crippen LogP contribution in [0.2, 0.25) is 0 Å². The summed E-state index contributed by atoms with van der Waals surface area (Å²) in [7, 11) is 1.29. The molecule has 7 nitrogen and oxygen atoms in total. The molecular weight excluding hydrogens is 468 g/mol. The lowest BCUT2D eigenvalue weighted by molar-refractivity contribution is -0.136. The molecule has 0 saturated heterocycles. The van der Waals surface area contributed by atoms with Gasteiger partial charge in [-0.05, 0) is 60.9 Å². The van der Waals surface area contributed by atoms with Crippen LogP contribution in [0.15, 0.2) is 95.7 Å². The third-order valence-corrected chi connectivity index (χ3v) is 5.94. The molecular formula is C30H28N2O5. The van der Waals surface area contributed by atoms with Gasteiger partial charge < -0.3 is 14.8 Å². The number of nitrogens with one attached hydrogen (secondary N) is 1. The number of benzene rings is 3. The first-order valence-electron chi connectivity index (χ1n) is 11.8. The molecule has 1 aliphatic heterocycles. The minimum atomic E-state index is -0.575. The Labute approximate surface area is 216 Å². The van der Waals surface area contributed by atoms with Gasteiger partial charge >= 0.3 is 5.97 Å². The van der Waals surface area contributed by atoms with Gasteiger partial charge in [-0.1, -0.05) is 54.6 Å². The summed E-state index contributed by atoms with van der Waals surface area (Å²) in [6.07, 6.45) is 1.66. The Morgan fingerprint density at radius 2 is 1.68 bits per heavy atom. The van der Waals surface area contributed by atoms with Gasteiger partial charge in [0.05, 0.1) is 18.3 Å². The molecule has 0 radical (unpaired) electrons. The van der Waals surface area contributed by atoms with Crippen molar-refractivity contribution >= 4 is 29.5 Å². The molecule has 0 aliphatic carbocycles. The number of rotatable bonds is 8. The second-order valence-corrected chi connectivity index (χ2v) is 8.61. The fourth-order valence-corrected chi connectivity index (χ4v) is 4.08. The molecule has 1 N–H and O–H groups in total. The minimum absolute atomic E-state index is 0.119. The summed E-state index contributed by atoms with van der Waals surface area (Å²) in [5, 5.41) is 2.82. The van der Waals surface area contributed by atoms with Gasteiger partial charge in [-0.2, -0.15) is 0 Å². The number of nitrogens with zero attached hydrogens (tertiary/aromatic N) is 1. The molecule has 2 amide bonds. The van der Waals surface area contributed by atoms with Crippen LogP contribution in [0.25, 0.3) is 6.08 Å². The molecule has 0 unspecified atom stereocenters. The Hall–Kier alpha value is -4.65. The van der Waals surface area contributed by atoms with Crippen molar-refractivity contribution in [2.45, 2.75) is 20.4 Å². The van der Waals surface area contributed by atoms with Crippen molar-refractivity contribution in [3.63, 3.8) is 0 Å². The number of anilines is 1. The molecule has 0 atom stereocenters. The minimum Gasteiger partial charge on any atom is -0.484 e. The van der Waals surface area contributed by atoms with Crippen LogP contribution >= 0.6 is 0 Å². The summed E-state index contributed by atoms with van der Waals surface area (Å²) in [4.78, 5) is 39.7. The van der Waals surface area contributed by atoms with E-state index in [4.69, 9.17) is 9.47 Å². The Kier molecular flexibility index (Phi) is 7.83. The molecule has 0 saturated carbocycles. The van der Waals surface area contributed by atoms with E-state index in [9.17, 15) is 14.4 Å². The molecule has 1 heterocycles. The van der Waals surface area contributed by atoms with Gasteiger partial charge in [-0.15, -0.1) is 0 Å². The Morgan fingerprint density at radius 3 is 2.35 bits per heavy atom. The van der Waals surface area contributed by atoms with Crippen molar-refractivity contribution in [3.05, 3.63) is 112 Å². The zero-order valence-electron chi connectivity index (χ0n) is 21.0. The highest BCUT2D eigenvalue weighted by molar-refractivity contribution is 6.23. The highest BCUT2D eigenvalue weighted by atomic mass is 16.5. The molecule has 3 aromatic rings. The number of allylic oxidation sites excluding steroid dienone is 1. The fourth-order valence-electron chi connectivity index (χ4n) is 4.08. The molecule has 0 aromatic heterocycles. The molecule has 0 bridgehead atoms. The van der Waals surface area contributed by atoms with Gasteiger partial charge in [0.2, 0.25) is 0 Å². The predicted molar refractivity (Wildman–Crippen MR) is 142 cm³/mol. The Bertz CT molecular complexity index is 1370. The van der Waals surface area contributed by atoms with E-state index < -0.39 is 5.97 Å². The number of esters is 1. The Balaban J connectivity index is 1.47. The van der Waals surface area contributed by atoms with Crippen LogP contribution in [-0.2, 0) is 25.7 Å². The van der Waals surface area contributed by atoms with Gasteiger partial charge in [-0.3, -0.25) is 14.5 Å². The van der Waals surface area contributed by atoms with E-state index in [0.29, 0.717) is 29.2 Å². The average molecular weight is 497 g/mol. The number of amides is 2. The molecule has 188 valence electrons. The van der Waals surface area contributed by atoms with Crippen molar-refractivity contribution in [2.24, 2.45) is 0 Å². The summed E-state index contributed by atoms with van der Waals surface area (Å²) >= 11 is 0. The smallest absolute Gasteiger partial charge is 0.340 e. The lowest BCUT2D eigenvalue weighted by Gasteiger charge is -2.18. The van der Waals surface area contributed by atoms with Gasteiger partial charge in [0.25, 0.3) is 11.8 Å². The van der Waals surface area contributed by atoms with Crippen molar-refractivity contribution in [1.82, 2.24) is 5.32 Å². The number of carbonyl (C=O) groups excluding carboxylic acids is 3. The number of ether oxygens (including phenoxy) is 2. The van der Waals surface area contributed by atoms with Gasteiger partial charge in [0, 0.05) is 17.9 Å². The van der Waals surface area contributed by atoms with Gasteiger partial charge in [0.1, 0.15) is 5.75 Å². The quantitative estimate of drug-likeness (QED) is 0.365. The number of hydrogen-bond donors (Lipinski definition) is 1. The molecule has 0 spiro atoms. The molecule has 37 heavy (non-hydrogen) atoms. The van der Waals surface area contributed by atoms with Crippen LogP contribution in [0.3, 0.4) is 0 Å². The maximum Gasteiger partial charge on any atom is 0.340 e. The van der Waals surface area contributed by atoms with Crippen LogP contribution in [0.4, 0.5) is 5.69 Å². The Morgan fingerprint density at radius 1 is 0.946 bits per heavy atom. The van der Waals surface area contributed by atoms with Crippen molar-refractivity contribution in [2.75, 3.05) is 18.6 Å². The van der Waals surface area contributed by atoms with Crippen molar-refractivity contribution in [3.8, 4) is 5.75 Å². The van der Waals surface area contributed by atoms with Crippen LogP contribution in [0.1, 0.15) is 23.6 Å². The second-order valence-electron chi connectivity index (χ2n) is 8.61. The van der Waals surface area contributed by atoms with E-state index in [-0.39, 0.29) is 29.6 Å². The summed E-state index contributed by atoms with van der Waals surface area (Å²) in [5.41, 5.74) is 4.37. The molecule has 1 aliphatic rings. The second kappa shape index (κ2) is 11.4. The fraction of sp³-hybridized carbons (Fsp3) is 0.167. The predicted octanol–water partition coefficient (Wildman–Crippen LogP) is 4.57. The van der Waals surface area contributed by atoms with Crippen molar-refractivity contribution < 1.29 is 23.9 Å². The summed E-state index contributed by atoms with van der Waals surface area (Å²) < 4.78 is 10.6. The lowest BCUT2D eigenvalue weighted by atomic mass is 10.0. The first kappa shape index (κ1) is 25.4. The number of carbonyl (C=O) groups is 3. The molecule has 4 rings (SSSR count). The van der Waals surface area contributed by atoms with E-state index >= 15 is 0 Å². The van der Waals surface area contributed by atoms with Gasteiger partial charge in [-0.25, -0.2) is 4.79 Å². The van der Waals surface area contributed by atoms with E-state index in [1.165, 1.54) is 12.0 Å². The summed E-state index contributed by atoms with van der Waals surface area (Å²) in [6, 6.07) is 24.1. The summed E-state index contributed by atoms with van der Waals surface area (Å²) in [6.45, 7) is 3.98. The first-order valence-corrected chi connectivity index (χ1v) is 11.8. The zero-order chi connectivity index (χ0) is 26.4. The SMILES string of the molecule is COC(=O)C1=C(C)N(c2cccc(C)c2)C(=O)/C1=C\c1ccc(OCC(=O)NCc2ccccc2)cc1. The average Bonchev–Trinajstić information content (AvgIpc) is 3.15. The number of aryl methyl sites for hydroxylation is 1. The number of methoxy groups -OCH3 is 1. The molecule has 0 fully saturated rings. The topological polar surface area (TPSA) is 84.9 Å². The first-order chi connectivity index (χ1) is 17.9. The van der Waals surface area contributed by atoms with Crippen LogP contribution in [0, 0.1) is 6.92 Å². The van der Waals surface area contributed by atoms with Crippen molar-refractivity contribution in [1.29, 1.82) is 0 Å². The van der Waals surface area contributed by atoms with E-state index in [0.717, 1.165) is 11.1 Å². The maximum absolute atomic E-state index is 13.4. The van der Waals surface area contributed by atoms with E-state index in [1.807, 2.05) is 61.5 Å². The highest BCUT2D eigenvalue weighted by Gasteiger charge is 2.37. The monoisotopic (exact) mass is 496 g/mol.